The number of nitrogens with zero attached hydrogens (tertiary/aromatic N) is 3. The van der Waals surface area contributed by atoms with Gasteiger partial charge in [0.1, 0.15) is 18.0 Å². The van der Waals surface area contributed by atoms with Crippen LogP contribution in [0.2, 0.25) is 0 Å². The van der Waals surface area contributed by atoms with E-state index in [4.69, 9.17) is 9.47 Å². The Labute approximate surface area is 232 Å². The zero-order valence-electron chi connectivity index (χ0n) is 21.1. The Morgan fingerprint density at radius 1 is 1.32 bits per heavy atom. The van der Waals surface area contributed by atoms with Crippen molar-refractivity contribution >= 4 is 49.6 Å². The Bertz CT molecular complexity index is 1560. The number of benzene rings is 2. The largest absolute Gasteiger partial charge is 0.493 e. The van der Waals surface area contributed by atoms with Crippen LogP contribution in [0.3, 0.4) is 0 Å². The molecule has 5 rings (SSSR count). The van der Waals surface area contributed by atoms with Gasteiger partial charge in [0.25, 0.3) is 11.5 Å². The predicted molar refractivity (Wildman–Crippen MR) is 152 cm³/mol. The molecule has 8 nitrogen and oxygen atoms in total. The van der Waals surface area contributed by atoms with E-state index in [-0.39, 0.29) is 12.1 Å². The van der Waals surface area contributed by atoms with Crippen molar-refractivity contribution < 1.29 is 14.3 Å². The lowest BCUT2D eigenvalue weighted by Gasteiger charge is -2.17. The molecular formula is C28H27BrN4O4S. The number of carbonyl (C=O) groups is 1. The molecule has 0 saturated heterocycles. The number of nitrogens with one attached hydrogen (secondary N) is 1. The van der Waals surface area contributed by atoms with Gasteiger partial charge in [0.05, 0.1) is 29.5 Å². The summed E-state index contributed by atoms with van der Waals surface area (Å²) in [5, 5.41) is 4.72. The number of rotatable bonds is 8. The van der Waals surface area contributed by atoms with E-state index in [9.17, 15) is 9.59 Å². The SMILES string of the molecule is COc1cc(/C=N\NC(=O)Cn2cnc3sc4c(c3c2=O)CC[C@@H](C)C4)cc(Br)c1OCc1ccccc1. The summed E-state index contributed by atoms with van der Waals surface area (Å²) in [6, 6.07) is 13.4. The first-order chi connectivity index (χ1) is 18.4. The van der Waals surface area contributed by atoms with Crippen molar-refractivity contribution in [3.8, 4) is 11.5 Å². The van der Waals surface area contributed by atoms with Crippen molar-refractivity contribution in [3.05, 3.63) is 85.2 Å². The Hall–Kier alpha value is -3.50. The van der Waals surface area contributed by atoms with Gasteiger partial charge in [0, 0.05) is 4.88 Å². The van der Waals surface area contributed by atoms with E-state index < -0.39 is 5.91 Å². The van der Waals surface area contributed by atoms with Gasteiger partial charge in [-0.1, -0.05) is 37.3 Å². The number of thiophene rings is 1. The lowest BCUT2D eigenvalue weighted by Crippen LogP contribution is -2.30. The van der Waals surface area contributed by atoms with Crippen molar-refractivity contribution in [1.29, 1.82) is 0 Å². The molecule has 2 aromatic carbocycles. The molecule has 2 aromatic heterocycles. The van der Waals surface area contributed by atoms with Gasteiger partial charge < -0.3 is 9.47 Å². The van der Waals surface area contributed by atoms with Gasteiger partial charge in [-0.2, -0.15) is 5.10 Å². The van der Waals surface area contributed by atoms with Crippen molar-refractivity contribution in [1.82, 2.24) is 15.0 Å². The second-order valence-electron chi connectivity index (χ2n) is 9.31. The number of aryl methyl sites for hydroxylation is 1. The molecule has 1 N–H and O–H groups in total. The third-order valence-corrected chi connectivity index (χ3v) is 8.23. The average molecular weight is 596 g/mol. The van der Waals surface area contributed by atoms with Crippen molar-refractivity contribution in [2.45, 2.75) is 39.3 Å². The van der Waals surface area contributed by atoms with Gasteiger partial charge in [-0.25, -0.2) is 10.4 Å². The fraction of sp³-hybridized carbons (Fsp3) is 0.286. The van der Waals surface area contributed by atoms with E-state index in [1.807, 2.05) is 36.4 Å². The van der Waals surface area contributed by atoms with Crippen LogP contribution in [0.5, 0.6) is 11.5 Å². The third kappa shape index (κ3) is 5.66. The molecule has 1 aliphatic carbocycles. The zero-order chi connectivity index (χ0) is 26.6. The molecule has 2 heterocycles. The van der Waals surface area contributed by atoms with E-state index >= 15 is 0 Å². The van der Waals surface area contributed by atoms with Crippen LogP contribution in [0.4, 0.5) is 0 Å². The first-order valence-corrected chi connectivity index (χ1v) is 13.9. The molecule has 196 valence electrons. The van der Waals surface area contributed by atoms with Gasteiger partial charge in [-0.3, -0.25) is 14.2 Å². The molecule has 0 fully saturated rings. The average Bonchev–Trinajstić information content (AvgIpc) is 3.28. The van der Waals surface area contributed by atoms with E-state index in [1.54, 1.807) is 24.5 Å². The Morgan fingerprint density at radius 2 is 2.13 bits per heavy atom. The van der Waals surface area contributed by atoms with Crippen LogP contribution in [-0.4, -0.2) is 28.8 Å². The highest BCUT2D eigenvalue weighted by atomic mass is 79.9. The maximum Gasteiger partial charge on any atom is 0.262 e. The normalized spacial score (nSPS) is 15.0. The summed E-state index contributed by atoms with van der Waals surface area (Å²) in [6.07, 6.45) is 5.86. The summed E-state index contributed by atoms with van der Waals surface area (Å²) in [5.41, 5.74) is 5.15. The van der Waals surface area contributed by atoms with Gasteiger partial charge in [-0.05, 0) is 69.9 Å². The van der Waals surface area contributed by atoms with E-state index in [0.29, 0.717) is 39.4 Å². The predicted octanol–water partition coefficient (Wildman–Crippen LogP) is 5.08. The van der Waals surface area contributed by atoms with Crippen LogP contribution in [0.1, 0.15) is 34.9 Å². The summed E-state index contributed by atoms with van der Waals surface area (Å²) < 4.78 is 13.5. The van der Waals surface area contributed by atoms with Crippen molar-refractivity contribution in [3.63, 3.8) is 0 Å². The number of aromatic nitrogens is 2. The van der Waals surface area contributed by atoms with Crippen LogP contribution in [0.15, 0.2) is 63.2 Å². The lowest BCUT2D eigenvalue weighted by molar-refractivity contribution is -0.121. The molecule has 1 aliphatic rings. The highest BCUT2D eigenvalue weighted by Gasteiger charge is 2.23. The number of amides is 1. The van der Waals surface area contributed by atoms with Crippen LogP contribution in [0.25, 0.3) is 10.2 Å². The fourth-order valence-corrected chi connectivity index (χ4v) is 6.45. The summed E-state index contributed by atoms with van der Waals surface area (Å²) in [5.74, 6) is 1.29. The molecule has 4 aromatic rings. The monoisotopic (exact) mass is 594 g/mol. The summed E-state index contributed by atoms with van der Waals surface area (Å²) >= 11 is 5.12. The second-order valence-corrected chi connectivity index (χ2v) is 11.2. The van der Waals surface area contributed by atoms with Crippen molar-refractivity contribution in [2.24, 2.45) is 11.0 Å². The van der Waals surface area contributed by atoms with E-state index in [2.05, 4.69) is 38.4 Å². The molecule has 1 amide bonds. The van der Waals surface area contributed by atoms with Gasteiger partial charge in [0.2, 0.25) is 0 Å². The molecule has 1 atom stereocenters. The smallest absolute Gasteiger partial charge is 0.262 e. The number of carbonyl (C=O) groups excluding carboxylic acids is 1. The fourth-order valence-electron chi connectivity index (χ4n) is 4.53. The molecule has 0 aliphatic heterocycles. The summed E-state index contributed by atoms with van der Waals surface area (Å²) in [4.78, 5) is 32.1. The maximum atomic E-state index is 13.1. The van der Waals surface area contributed by atoms with Gasteiger partial charge in [0.15, 0.2) is 11.5 Å². The number of hydrogen-bond donors (Lipinski definition) is 1. The number of hydrogen-bond acceptors (Lipinski definition) is 7. The first-order valence-electron chi connectivity index (χ1n) is 12.3. The molecule has 0 saturated carbocycles. The first kappa shape index (κ1) is 26.1. The van der Waals surface area contributed by atoms with Gasteiger partial charge >= 0.3 is 0 Å². The number of ether oxygens (including phenoxy) is 2. The molecule has 0 spiro atoms. The molecule has 0 bridgehead atoms. The molecule has 0 radical (unpaired) electrons. The zero-order valence-corrected chi connectivity index (χ0v) is 23.5. The van der Waals surface area contributed by atoms with Crippen LogP contribution in [0, 0.1) is 5.92 Å². The molecule has 10 heteroatoms. The van der Waals surface area contributed by atoms with E-state index in [1.165, 1.54) is 22.0 Å². The summed E-state index contributed by atoms with van der Waals surface area (Å²) in [7, 11) is 1.56. The van der Waals surface area contributed by atoms with Crippen molar-refractivity contribution in [2.75, 3.05) is 7.11 Å². The Morgan fingerprint density at radius 3 is 2.92 bits per heavy atom. The van der Waals surface area contributed by atoms with Crippen LogP contribution in [-0.2, 0) is 30.8 Å². The highest BCUT2D eigenvalue weighted by Crippen LogP contribution is 2.37. The maximum absolute atomic E-state index is 13.1. The molecule has 38 heavy (non-hydrogen) atoms. The van der Waals surface area contributed by atoms with E-state index in [0.717, 1.165) is 35.2 Å². The van der Waals surface area contributed by atoms with Gasteiger partial charge in [-0.15, -0.1) is 11.3 Å². The number of halogens is 1. The van der Waals surface area contributed by atoms with Crippen LogP contribution < -0.4 is 20.5 Å². The minimum atomic E-state index is -0.420. The summed E-state index contributed by atoms with van der Waals surface area (Å²) in [6.45, 7) is 2.46. The molecular weight excluding hydrogens is 568 g/mol. The minimum Gasteiger partial charge on any atom is -0.493 e. The quantitative estimate of drug-likeness (QED) is 0.227. The minimum absolute atomic E-state index is 0.167. The lowest BCUT2D eigenvalue weighted by atomic mass is 9.89. The second kappa shape index (κ2) is 11.5. The number of fused-ring (bicyclic) bond motifs is 3. The van der Waals surface area contributed by atoms with Crippen LogP contribution >= 0.6 is 27.3 Å². The Balaban J connectivity index is 1.25. The molecule has 0 unspecified atom stereocenters. The Kier molecular flexibility index (Phi) is 7.90. The third-order valence-electron chi connectivity index (χ3n) is 6.48. The highest BCUT2D eigenvalue weighted by molar-refractivity contribution is 9.10. The number of hydrazone groups is 1. The number of methoxy groups -OCH3 is 1. The standard InChI is InChI=1S/C28H27BrN4O4S/c1-17-8-9-20-23(10-17)38-27-25(20)28(35)33(16-30-27)14-24(34)32-31-13-19-11-21(29)26(22(12-19)36-2)37-15-18-6-4-3-5-7-18/h3-7,11-13,16-17H,8-10,14-15H2,1-2H3,(H,32,34)/b31-13-/t17-/m1/s1. The topological polar surface area (TPSA) is 94.8 Å².